The number of hydrogen-bond acceptors (Lipinski definition) is 3. The van der Waals surface area contributed by atoms with Crippen LogP contribution in [0, 0.1) is 16.0 Å². The third kappa shape index (κ3) is 2.53. The van der Waals surface area contributed by atoms with Gasteiger partial charge >= 0.3 is 0 Å². The number of nitro benzene ring substituents is 1. The molecule has 1 aliphatic carbocycles. The molecule has 1 saturated carbocycles. The van der Waals surface area contributed by atoms with Crippen molar-refractivity contribution in [3.63, 3.8) is 0 Å². The van der Waals surface area contributed by atoms with E-state index in [1.165, 1.54) is 25.0 Å². The van der Waals surface area contributed by atoms with E-state index in [0.717, 1.165) is 17.9 Å². The van der Waals surface area contributed by atoms with E-state index in [0.29, 0.717) is 0 Å². The Morgan fingerprint density at radius 2 is 2.00 bits per heavy atom. The molecule has 1 aliphatic rings. The Kier molecular flexibility index (Phi) is 2.68. The first-order valence-corrected chi connectivity index (χ1v) is 5.17. The second-order valence-corrected chi connectivity index (χ2v) is 4.13. The SMILES string of the molecule is N[C@H](CC1CC1)c1ccc([N+](=O)[O-])cc1. The Balaban J connectivity index is 2.04. The summed E-state index contributed by atoms with van der Waals surface area (Å²) >= 11 is 0. The molecule has 15 heavy (non-hydrogen) atoms. The van der Waals surface area contributed by atoms with Crippen molar-refractivity contribution in [1.29, 1.82) is 0 Å². The van der Waals surface area contributed by atoms with Crippen molar-refractivity contribution in [3.8, 4) is 0 Å². The molecule has 0 heterocycles. The smallest absolute Gasteiger partial charge is 0.269 e. The summed E-state index contributed by atoms with van der Waals surface area (Å²) in [4.78, 5) is 10.1. The fourth-order valence-electron chi connectivity index (χ4n) is 1.69. The predicted octanol–water partition coefficient (Wildman–Crippen LogP) is 2.39. The summed E-state index contributed by atoms with van der Waals surface area (Å²) in [5, 5.41) is 10.4. The van der Waals surface area contributed by atoms with Gasteiger partial charge in [0.25, 0.3) is 5.69 Å². The van der Waals surface area contributed by atoms with Crippen LogP contribution in [0.25, 0.3) is 0 Å². The summed E-state index contributed by atoms with van der Waals surface area (Å²) in [7, 11) is 0. The van der Waals surface area contributed by atoms with Crippen molar-refractivity contribution in [2.75, 3.05) is 0 Å². The zero-order valence-corrected chi connectivity index (χ0v) is 8.43. The number of nitro groups is 1. The van der Waals surface area contributed by atoms with Gasteiger partial charge in [-0.25, -0.2) is 0 Å². The standard InChI is InChI=1S/C11H14N2O2/c12-11(7-8-1-2-8)9-3-5-10(6-4-9)13(14)15/h3-6,8,11H,1-2,7,12H2/t11-/m1/s1. The summed E-state index contributed by atoms with van der Waals surface area (Å²) < 4.78 is 0. The molecule has 0 amide bonds. The van der Waals surface area contributed by atoms with E-state index in [1.807, 2.05) is 0 Å². The van der Waals surface area contributed by atoms with Crippen LogP contribution in [-0.4, -0.2) is 4.92 Å². The van der Waals surface area contributed by atoms with E-state index >= 15 is 0 Å². The van der Waals surface area contributed by atoms with Crippen LogP contribution in [0.5, 0.6) is 0 Å². The Bertz CT molecular complexity index is 357. The molecular weight excluding hydrogens is 192 g/mol. The van der Waals surface area contributed by atoms with Crippen LogP contribution >= 0.6 is 0 Å². The summed E-state index contributed by atoms with van der Waals surface area (Å²) in [6.45, 7) is 0. The zero-order chi connectivity index (χ0) is 10.8. The monoisotopic (exact) mass is 206 g/mol. The van der Waals surface area contributed by atoms with E-state index in [1.54, 1.807) is 12.1 Å². The fraction of sp³-hybridized carbons (Fsp3) is 0.455. The minimum atomic E-state index is -0.393. The molecule has 0 spiro atoms. The minimum Gasteiger partial charge on any atom is -0.324 e. The number of hydrogen-bond donors (Lipinski definition) is 1. The molecule has 0 aromatic heterocycles. The van der Waals surface area contributed by atoms with Gasteiger partial charge in [-0.3, -0.25) is 10.1 Å². The van der Waals surface area contributed by atoms with Gasteiger partial charge in [-0.2, -0.15) is 0 Å². The van der Waals surface area contributed by atoms with E-state index in [-0.39, 0.29) is 11.7 Å². The quantitative estimate of drug-likeness (QED) is 0.607. The summed E-state index contributed by atoms with van der Waals surface area (Å²) in [5.74, 6) is 0.773. The van der Waals surface area contributed by atoms with E-state index in [9.17, 15) is 10.1 Å². The van der Waals surface area contributed by atoms with Gasteiger partial charge in [0.05, 0.1) is 4.92 Å². The molecule has 0 saturated heterocycles. The van der Waals surface area contributed by atoms with Crippen LogP contribution in [-0.2, 0) is 0 Å². The topological polar surface area (TPSA) is 69.2 Å². The van der Waals surface area contributed by atoms with Gasteiger partial charge in [0, 0.05) is 18.2 Å². The summed E-state index contributed by atoms with van der Waals surface area (Å²) in [5.41, 5.74) is 7.11. The van der Waals surface area contributed by atoms with Crippen molar-refractivity contribution >= 4 is 5.69 Å². The van der Waals surface area contributed by atoms with Crippen LogP contribution < -0.4 is 5.73 Å². The molecule has 0 unspecified atom stereocenters. The van der Waals surface area contributed by atoms with Gasteiger partial charge in [0.1, 0.15) is 0 Å². The average Bonchev–Trinajstić information content (AvgIpc) is 3.02. The van der Waals surface area contributed by atoms with Gasteiger partial charge in [0.2, 0.25) is 0 Å². The molecule has 4 heteroatoms. The largest absolute Gasteiger partial charge is 0.324 e. The molecule has 0 bridgehead atoms. The first-order chi connectivity index (χ1) is 7.16. The molecule has 1 aromatic rings. The summed E-state index contributed by atoms with van der Waals surface area (Å²) in [6.07, 6.45) is 3.55. The number of nitrogens with zero attached hydrogens (tertiary/aromatic N) is 1. The molecule has 2 N–H and O–H groups in total. The van der Waals surface area contributed by atoms with Crippen LogP contribution in [0.15, 0.2) is 24.3 Å². The Hall–Kier alpha value is -1.42. The zero-order valence-electron chi connectivity index (χ0n) is 8.43. The summed E-state index contributed by atoms with van der Waals surface area (Å²) in [6, 6.07) is 6.57. The highest BCUT2D eigenvalue weighted by Crippen LogP contribution is 2.36. The third-order valence-corrected chi connectivity index (χ3v) is 2.82. The van der Waals surface area contributed by atoms with Gasteiger partial charge in [-0.05, 0) is 17.9 Å². The minimum absolute atomic E-state index is 0.0262. The molecule has 4 nitrogen and oxygen atoms in total. The van der Waals surface area contributed by atoms with Gasteiger partial charge in [-0.15, -0.1) is 0 Å². The third-order valence-electron chi connectivity index (χ3n) is 2.82. The molecule has 1 aromatic carbocycles. The molecular formula is C11H14N2O2. The first-order valence-electron chi connectivity index (χ1n) is 5.17. The van der Waals surface area contributed by atoms with E-state index < -0.39 is 4.92 Å². The second-order valence-electron chi connectivity index (χ2n) is 4.13. The van der Waals surface area contributed by atoms with Crippen LogP contribution in [0.3, 0.4) is 0 Å². The van der Waals surface area contributed by atoms with E-state index in [2.05, 4.69) is 0 Å². The molecule has 1 atom stereocenters. The highest BCUT2D eigenvalue weighted by atomic mass is 16.6. The highest BCUT2D eigenvalue weighted by Gasteiger charge is 2.24. The van der Waals surface area contributed by atoms with Crippen molar-refractivity contribution < 1.29 is 4.92 Å². The van der Waals surface area contributed by atoms with Crippen molar-refractivity contribution in [1.82, 2.24) is 0 Å². The Labute approximate surface area is 88.2 Å². The van der Waals surface area contributed by atoms with Crippen LogP contribution in [0.2, 0.25) is 0 Å². The van der Waals surface area contributed by atoms with Crippen LogP contribution in [0.1, 0.15) is 30.9 Å². The Morgan fingerprint density at radius 3 is 2.47 bits per heavy atom. The van der Waals surface area contributed by atoms with Crippen LogP contribution in [0.4, 0.5) is 5.69 Å². The fourth-order valence-corrected chi connectivity index (χ4v) is 1.69. The Morgan fingerprint density at radius 1 is 1.40 bits per heavy atom. The highest BCUT2D eigenvalue weighted by molar-refractivity contribution is 5.34. The number of rotatable bonds is 4. The lowest BCUT2D eigenvalue weighted by molar-refractivity contribution is -0.384. The molecule has 2 rings (SSSR count). The lowest BCUT2D eigenvalue weighted by atomic mass is 10.0. The lowest BCUT2D eigenvalue weighted by Crippen LogP contribution is -2.10. The van der Waals surface area contributed by atoms with E-state index in [4.69, 9.17) is 5.73 Å². The molecule has 0 aliphatic heterocycles. The number of nitrogens with two attached hydrogens (primary N) is 1. The lowest BCUT2D eigenvalue weighted by Gasteiger charge is -2.10. The first kappa shape index (κ1) is 10.1. The average molecular weight is 206 g/mol. The second kappa shape index (κ2) is 3.98. The number of non-ortho nitro benzene ring substituents is 1. The molecule has 0 radical (unpaired) electrons. The maximum atomic E-state index is 10.4. The normalized spacial score (nSPS) is 17.4. The molecule has 80 valence electrons. The predicted molar refractivity (Wildman–Crippen MR) is 57.4 cm³/mol. The van der Waals surface area contributed by atoms with Crippen molar-refractivity contribution in [2.45, 2.75) is 25.3 Å². The molecule has 1 fully saturated rings. The number of benzene rings is 1. The van der Waals surface area contributed by atoms with Gasteiger partial charge in [-0.1, -0.05) is 25.0 Å². The van der Waals surface area contributed by atoms with Crippen molar-refractivity contribution in [2.24, 2.45) is 11.7 Å². The maximum Gasteiger partial charge on any atom is 0.269 e. The van der Waals surface area contributed by atoms with Gasteiger partial charge in [0.15, 0.2) is 0 Å². The van der Waals surface area contributed by atoms with Crippen molar-refractivity contribution in [3.05, 3.63) is 39.9 Å². The van der Waals surface area contributed by atoms with Gasteiger partial charge < -0.3 is 5.73 Å². The maximum absolute atomic E-state index is 10.4.